The summed E-state index contributed by atoms with van der Waals surface area (Å²) in [5.74, 6) is 0. The molecule has 0 saturated carbocycles. The van der Waals surface area contributed by atoms with Crippen LogP contribution in [0.5, 0.6) is 0 Å². The van der Waals surface area contributed by atoms with Gasteiger partial charge in [-0.25, -0.2) is 0 Å². The highest BCUT2D eigenvalue weighted by atomic mass is 79.9. The molecule has 1 atom stereocenters. The van der Waals surface area contributed by atoms with Crippen LogP contribution in [0.25, 0.3) is 0 Å². The highest BCUT2D eigenvalue weighted by molar-refractivity contribution is 9.10. The third-order valence-electron chi connectivity index (χ3n) is 3.77. The lowest BCUT2D eigenvalue weighted by atomic mass is 10.1. The van der Waals surface area contributed by atoms with Crippen molar-refractivity contribution in [3.05, 3.63) is 28.2 Å². The van der Waals surface area contributed by atoms with E-state index in [4.69, 9.17) is 0 Å². The number of rotatable bonds is 6. The number of hydrogen-bond donors (Lipinski definition) is 1. The zero-order valence-electron chi connectivity index (χ0n) is 12.1. The number of nitrogens with one attached hydrogen (secondary N) is 1. The standard InChI is InChI=1S/C15H25BrN2/c1-6-13(7-2)18(5)15-9-8-12(10-14(15)16)11(3)17-4/h8-11,13,17H,6-7H2,1-5H3. The molecule has 0 radical (unpaired) electrons. The minimum absolute atomic E-state index is 0.383. The van der Waals surface area contributed by atoms with Crippen molar-refractivity contribution < 1.29 is 0 Å². The normalized spacial score (nSPS) is 12.8. The van der Waals surface area contributed by atoms with Crippen molar-refractivity contribution in [3.63, 3.8) is 0 Å². The topological polar surface area (TPSA) is 15.3 Å². The van der Waals surface area contributed by atoms with Gasteiger partial charge >= 0.3 is 0 Å². The first-order chi connectivity index (χ1) is 8.54. The van der Waals surface area contributed by atoms with Gasteiger partial charge < -0.3 is 10.2 Å². The van der Waals surface area contributed by atoms with Crippen LogP contribution < -0.4 is 10.2 Å². The number of nitrogens with zero attached hydrogens (tertiary/aromatic N) is 1. The molecule has 0 aliphatic carbocycles. The van der Waals surface area contributed by atoms with Crippen LogP contribution in [-0.4, -0.2) is 20.1 Å². The van der Waals surface area contributed by atoms with Crippen molar-refractivity contribution in [1.82, 2.24) is 5.32 Å². The van der Waals surface area contributed by atoms with Crippen LogP contribution in [0.15, 0.2) is 22.7 Å². The monoisotopic (exact) mass is 312 g/mol. The van der Waals surface area contributed by atoms with Gasteiger partial charge in [-0.1, -0.05) is 19.9 Å². The van der Waals surface area contributed by atoms with Crippen molar-refractivity contribution in [2.45, 2.75) is 45.7 Å². The van der Waals surface area contributed by atoms with Gasteiger partial charge in [0.15, 0.2) is 0 Å². The van der Waals surface area contributed by atoms with E-state index in [0.717, 1.165) is 0 Å². The number of halogens is 1. The minimum Gasteiger partial charge on any atom is -0.371 e. The Kier molecular flexibility index (Phi) is 6.16. The molecule has 102 valence electrons. The average Bonchev–Trinajstić information content (AvgIpc) is 2.38. The van der Waals surface area contributed by atoms with E-state index in [-0.39, 0.29) is 0 Å². The second-order valence-electron chi connectivity index (χ2n) is 4.80. The zero-order chi connectivity index (χ0) is 13.7. The lowest BCUT2D eigenvalue weighted by molar-refractivity contribution is 0.590. The fraction of sp³-hybridized carbons (Fsp3) is 0.600. The fourth-order valence-electron chi connectivity index (χ4n) is 2.28. The summed E-state index contributed by atoms with van der Waals surface area (Å²) in [6, 6.07) is 7.63. The zero-order valence-corrected chi connectivity index (χ0v) is 13.7. The summed E-state index contributed by atoms with van der Waals surface area (Å²) in [4.78, 5) is 2.37. The summed E-state index contributed by atoms with van der Waals surface area (Å²) in [5.41, 5.74) is 2.59. The molecule has 1 N–H and O–H groups in total. The summed E-state index contributed by atoms with van der Waals surface area (Å²) >= 11 is 3.70. The largest absolute Gasteiger partial charge is 0.371 e. The predicted molar refractivity (Wildman–Crippen MR) is 84.4 cm³/mol. The van der Waals surface area contributed by atoms with Crippen molar-refractivity contribution in [2.24, 2.45) is 0 Å². The molecular formula is C15H25BrN2. The van der Waals surface area contributed by atoms with Gasteiger partial charge in [0.2, 0.25) is 0 Å². The Bertz CT molecular complexity index is 375. The van der Waals surface area contributed by atoms with Crippen LogP contribution >= 0.6 is 15.9 Å². The Labute approximate surface area is 120 Å². The fourth-order valence-corrected chi connectivity index (χ4v) is 2.95. The maximum atomic E-state index is 3.70. The molecule has 3 heteroatoms. The summed E-state index contributed by atoms with van der Waals surface area (Å²) in [6.45, 7) is 6.66. The predicted octanol–water partition coefficient (Wildman–Crippen LogP) is 4.35. The molecule has 1 aromatic carbocycles. The van der Waals surface area contributed by atoms with Gasteiger partial charge in [-0.2, -0.15) is 0 Å². The average molecular weight is 313 g/mol. The van der Waals surface area contributed by atoms with Gasteiger partial charge in [0, 0.05) is 23.6 Å². The van der Waals surface area contributed by atoms with Gasteiger partial charge in [-0.05, 0) is 60.4 Å². The van der Waals surface area contributed by atoms with E-state index < -0.39 is 0 Å². The van der Waals surface area contributed by atoms with Gasteiger partial charge in [-0.15, -0.1) is 0 Å². The summed E-state index contributed by atoms with van der Waals surface area (Å²) in [5, 5.41) is 3.27. The van der Waals surface area contributed by atoms with Crippen molar-refractivity contribution in [2.75, 3.05) is 19.0 Å². The summed E-state index contributed by atoms with van der Waals surface area (Å²) < 4.78 is 1.18. The maximum absolute atomic E-state index is 3.70. The molecule has 0 amide bonds. The lowest BCUT2D eigenvalue weighted by Crippen LogP contribution is -2.30. The van der Waals surface area contributed by atoms with Gasteiger partial charge in [0.25, 0.3) is 0 Å². The number of anilines is 1. The molecule has 1 aromatic rings. The molecule has 0 saturated heterocycles. The molecule has 0 aromatic heterocycles. The van der Waals surface area contributed by atoms with Crippen LogP contribution in [0.4, 0.5) is 5.69 Å². The summed E-state index contributed by atoms with van der Waals surface area (Å²) in [6.07, 6.45) is 2.35. The van der Waals surface area contributed by atoms with Crippen LogP contribution in [0.2, 0.25) is 0 Å². The van der Waals surface area contributed by atoms with Gasteiger partial charge in [-0.3, -0.25) is 0 Å². The molecule has 2 nitrogen and oxygen atoms in total. The Hall–Kier alpha value is -0.540. The third kappa shape index (κ3) is 3.48. The Morgan fingerprint density at radius 2 is 1.89 bits per heavy atom. The number of hydrogen-bond acceptors (Lipinski definition) is 2. The molecule has 18 heavy (non-hydrogen) atoms. The van der Waals surface area contributed by atoms with E-state index in [2.05, 4.69) is 72.2 Å². The van der Waals surface area contributed by atoms with E-state index >= 15 is 0 Å². The van der Waals surface area contributed by atoms with Crippen LogP contribution in [0.3, 0.4) is 0 Å². The second-order valence-corrected chi connectivity index (χ2v) is 5.66. The molecule has 0 aliphatic rings. The number of benzene rings is 1. The third-order valence-corrected chi connectivity index (χ3v) is 4.41. The van der Waals surface area contributed by atoms with Crippen LogP contribution in [-0.2, 0) is 0 Å². The van der Waals surface area contributed by atoms with Crippen molar-refractivity contribution in [1.29, 1.82) is 0 Å². The van der Waals surface area contributed by atoms with Gasteiger partial charge in [0.05, 0.1) is 5.69 Å². The first-order valence-corrected chi connectivity index (χ1v) is 7.53. The van der Waals surface area contributed by atoms with E-state index in [0.29, 0.717) is 12.1 Å². The van der Waals surface area contributed by atoms with E-state index in [1.165, 1.54) is 28.6 Å². The summed E-state index contributed by atoms with van der Waals surface area (Å²) in [7, 11) is 4.17. The highest BCUT2D eigenvalue weighted by Gasteiger charge is 2.14. The first-order valence-electron chi connectivity index (χ1n) is 6.74. The van der Waals surface area contributed by atoms with E-state index in [1.807, 2.05) is 7.05 Å². The minimum atomic E-state index is 0.383. The lowest BCUT2D eigenvalue weighted by Gasteiger charge is -2.29. The van der Waals surface area contributed by atoms with E-state index in [9.17, 15) is 0 Å². The molecule has 0 spiro atoms. The van der Waals surface area contributed by atoms with Crippen molar-refractivity contribution in [3.8, 4) is 0 Å². The Balaban J connectivity index is 2.98. The van der Waals surface area contributed by atoms with E-state index in [1.54, 1.807) is 0 Å². The van der Waals surface area contributed by atoms with Crippen molar-refractivity contribution >= 4 is 21.6 Å². The highest BCUT2D eigenvalue weighted by Crippen LogP contribution is 2.30. The molecule has 1 unspecified atom stereocenters. The molecule has 0 fully saturated rings. The Morgan fingerprint density at radius 3 is 2.33 bits per heavy atom. The van der Waals surface area contributed by atoms with Crippen LogP contribution in [0.1, 0.15) is 45.2 Å². The molecule has 0 heterocycles. The smallest absolute Gasteiger partial charge is 0.0510 e. The molecule has 1 rings (SSSR count). The first kappa shape index (κ1) is 15.5. The Morgan fingerprint density at radius 1 is 1.28 bits per heavy atom. The molecular weight excluding hydrogens is 288 g/mol. The second kappa shape index (κ2) is 7.15. The van der Waals surface area contributed by atoms with Gasteiger partial charge in [0.1, 0.15) is 0 Å². The quantitative estimate of drug-likeness (QED) is 0.840. The molecule has 0 bridgehead atoms. The maximum Gasteiger partial charge on any atom is 0.0510 e. The van der Waals surface area contributed by atoms with Crippen LogP contribution in [0, 0.1) is 0 Å². The SMILES string of the molecule is CCC(CC)N(C)c1ccc(C(C)NC)cc1Br. The molecule has 0 aliphatic heterocycles.